The second-order valence-corrected chi connectivity index (χ2v) is 4.43. The Morgan fingerprint density at radius 2 is 2.36 bits per heavy atom. The van der Waals surface area contributed by atoms with E-state index in [9.17, 15) is 0 Å². The van der Waals surface area contributed by atoms with Crippen molar-refractivity contribution >= 4 is 0 Å². The van der Waals surface area contributed by atoms with Gasteiger partial charge < -0.3 is 5.73 Å². The lowest BCUT2D eigenvalue weighted by Gasteiger charge is -2.19. The highest BCUT2D eigenvalue weighted by molar-refractivity contribution is 5.10. The summed E-state index contributed by atoms with van der Waals surface area (Å²) in [6, 6.07) is 4.38. The van der Waals surface area contributed by atoms with Gasteiger partial charge in [0, 0.05) is 18.4 Å². The van der Waals surface area contributed by atoms with Gasteiger partial charge in [-0.15, -0.1) is 0 Å². The molecule has 1 aromatic heterocycles. The van der Waals surface area contributed by atoms with Gasteiger partial charge in [0.1, 0.15) is 0 Å². The van der Waals surface area contributed by atoms with Crippen molar-refractivity contribution in [2.75, 3.05) is 0 Å². The average molecular weight is 190 g/mol. The van der Waals surface area contributed by atoms with Crippen LogP contribution in [0.2, 0.25) is 0 Å². The molecule has 0 spiro atoms. The molecule has 1 aliphatic carbocycles. The zero-order valence-corrected chi connectivity index (χ0v) is 8.69. The Morgan fingerprint density at radius 1 is 1.57 bits per heavy atom. The number of rotatable bonds is 4. The fourth-order valence-corrected chi connectivity index (χ4v) is 1.95. The molecule has 1 heterocycles. The fraction of sp³-hybridized carbons (Fsp3) is 0.583. The maximum Gasteiger partial charge on any atom is 0.0300 e. The molecule has 0 radical (unpaired) electrons. The van der Waals surface area contributed by atoms with Crippen LogP contribution in [-0.4, -0.2) is 11.0 Å². The summed E-state index contributed by atoms with van der Waals surface area (Å²) in [6.45, 7) is 2.28. The highest BCUT2D eigenvalue weighted by Gasteiger charge is 2.31. The summed E-state index contributed by atoms with van der Waals surface area (Å²) in [5, 5.41) is 0. The third-order valence-corrected chi connectivity index (χ3v) is 3.24. The number of nitrogens with zero attached hydrogens (tertiary/aromatic N) is 1. The van der Waals surface area contributed by atoms with Crippen molar-refractivity contribution in [1.29, 1.82) is 0 Å². The van der Waals surface area contributed by atoms with Crippen LogP contribution in [0.15, 0.2) is 24.5 Å². The van der Waals surface area contributed by atoms with Crippen molar-refractivity contribution in [2.45, 2.75) is 32.2 Å². The van der Waals surface area contributed by atoms with Crippen LogP contribution in [0.5, 0.6) is 0 Å². The Bertz CT molecular complexity index is 280. The van der Waals surface area contributed by atoms with Gasteiger partial charge in [0.15, 0.2) is 0 Å². The van der Waals surface area contributed by atoms with E-state index < -0.39 is 0 Å². The Morgan fingerprint density at radius 3 is 2.93 bits per heavy atom. The van der Waals surface area contributed by atoms with Crippen molar-refractivity contribution in [1.82, 2.24) is 4.98 Å². The van der Waals surface area contributed by atoms with Gasteiger partial charge in [0.25, 0.3) is 0 Å². The standard InChI is InChI=1S/C12H18N2/c1-9(11-4-5-11)12(13)7-10-3-2-6-14-8-10/h2-3,6,8-9,11-12H,4-5,7,13H2,1H3. The van der Waals surface area contributed by atoms with Crippen LogP contribution in [0.4, 0.5) is 0 Å². The molecule has 0 aliphatic heterocycles. The highest BCUT2D eigenvalue weighted by Crippen LogP contribution is 2.38. The van der Waals surface area contributed by atoms with E-state index in [-0.39, 0.29) is 0 Å². The third-order valence-electron chi connectivity index (χ3n) is 3.24. The first-order chi connectivity index (χ1) is 6.77. The molecule has 1 saturated carbocycles. The molecule has 2 rings (SSSR count). The molecule has 0 saturated heterocycles. The van der Waals surface area contributed by atoms with Crippen LogP contribution in [0.25, 0.3) is 0 Å². The van der Waals surface area contributed by atoms with E-state index in [1.807, 2.05) is 12.3 Å². The molecule has 14 heavy (non-hydrogen) atoms. The first-order valence-corrected chi connectivity index (χ1v) is 5.42. The molecule has 2 atom stereocenters. The lowest BCUT2D eigenvalue weighted by molar-refractivity contribution is 0.404. The number of hydrogen-bond donors (Lipinski definition) is 1. The molecule has 0 bridgehead atoms. The summed E-state index contributed by atoms with van der Waals surface area (Å²) in [4.78, 5) is 4.10. The molecule has 2 unspecified atom stereocenters. The van der Waals surface area contributed by atoms with Crippen LogP contribution in [0, 0.1) is 11.8 Å². The Balaban J connectivity index is 1.90. The summed E-state index contributed by atoms with van der Waals surface area (Å²) >= 11 is 0. The quantitative estimate of drug-likeness (QED) is 0.788. The zero-order chi connectivity index (χ0) is 9.97. The monoisotopic (exact) mass is 190 g/mol. The predicted molar refractivity (Wildman–Crippen MR) is 57.8 cm³/mol. The van der Waals surface area contributed by atoms with Crippen molar-refractivity contribution in [2.24, 2.45) is 17.6 Å². The van der Waals surface area contributed by atoms with Crippen LogP contribution < -0.4 is 5.73 Å². The average Bonchev–Trinajstić information content (AvgIpc) is 3.01. The molecule has 2 nitrogen and oxygen atoms in total. The van der Waals surface area contributed by atoms with E-state index in [0.717, 1.165) is 12.3 Å². The summed E-state index contributed by atoms with van der Waals surface area (Å²) in [6.07, 6.45) is 7.44. The Hall–Kier alpha value is -0.890. The Kier molecular flexibility index (Phi) is 2.82. The van der Waals surface area contributed by atoms with E-state index in [1.54, 1.807) is 6.20 Å². The first kappa shape index (κ1) is 9.66. The van der Waals surface area contributed by atoms with Crippen LogP contribution in [0.3, 0.4) is 0 Å². The third kappa shape index (κ3) is 2.32. The summed E-state index contributed by atoms with van der Waals surface area (Å²) < 4.78 is 0. The van der Waals surface area contributed by atoms with Crippen molar-refractivity contribution < 1.29 is 0 Å². The molecule has 0 aromatic carbocycles. The first-order valence-electron chi connectivity index (χ1n) is 5.42. The lowest BCUT2D eigenvalue weighted by atomic mass is 9.92. The van der Waals surface area contributed by atoms with Crippen LogP contribution in [-0.2, 0) is 6.42 Å². The van der Waals surface area contributed by atoms with Gasteiger partial charge in [0.2, 0.25) is 0 Å². The van der Waals surface area contributed by atoms with Crippen molar-refractivity contribution in [3.8, 4) is 0 Å². The molecule has 2 N–H and O–H groups in total. The van der Waals surface area contributed by atoms with E-state index in [0.29, 0.717) is 12.0 Å². The zero-order valence-electron chi connectivity index (χ0n) is 8.69. The van der Waals surface area contributed by atoms with E-state index in [4.69, 9.17) is 5.73 Å². The maximum atomic E-state index is 6.16. The van der Waals surface area contributed by atoms with E-state index >= 15 is 0 Å². The van der Waals surface area contributed by atoms with E-state index in [1.165, 1.54) is 18.4 Å². The number of hydrogen-bond acceptors (Lipinski definition) is 2. The summed E-state index contributed by atoms with van der Waals surface area (Å²) in [7, 11) is 0. The van der Waals surface area contributed by atoms with E-state index in [2.05, 4.69) is 18.0 Å². The molecule has 0 amide bonds. The van der Waals surface area contributed by atoms with Crippen molar-refractivity contribution in [3.05, 3.63) is 30.1 Å². The molecule has 1 aliphatic rings. The molecular weight excluding hydrogens is 172 g/mol. The van der Waals surface area contributed by atoms with Crippen LogP contribution in [0.1, 0.15) is 25.3 Å². The number of nitrogens with two attached hydrogens (primary N) is 1. The minimum absolute atomic E-state index is 0.298. The van der Waals surface area contributed by atoms with Gasteiger partial charge in [-0.3, -0.25) is 4.98 Å². The second kappa shape index (κ2) is 4.09. The van der Waals surface area contributed by atoms with Gasteiger partial charge in [0.05, 0.1) is 0 Å². The van der Waals surface area contributed by atoms with Crippen molar-refractivity contribution in [3.63, 3.8) is 0 Å². The molecule has 1 fully saturated rings. The molecular formula is C12H18N2. The summed E-state index contributed by atoms with van der Waals surface area (Å²) in [5.41, 5.74) is 7.42. The second-order valence-electron chi connectivity index (χ2n) is 4.43. The van der Waals surface area contributed by atoms with Gasteiger partial charge >= 0.3 is 0 Å². The SMILES string of the molecule is CC(C(N)Cc1cccnc1)C1CC1. The molecule has 76 valence electrons. The number of pyridine rings is 1. The highest BCUT2D eigenvalue weighted by atomic mass is 14.7. The van der Waals surface area contributed by atoms with Gasteiger partial charge in [-0.25, -0.2) is 0 Å². The fourth-order valence-electron chi connectivity index (χ4n) is 1.95. The van der Waals surface area contributed by atoms with Gasteiger partial charge in [-0.2, -0.15) is 0 Å². The van der Waals surface area contributed by atoms with Crippen LogP contribution >= 0.6 is 0 Å². The van der Waals surface area contributed by atoms with Gasteiger partial charge in [-0.05, 0) is 42.7 Å². The minimum Gasteiger partial charge on any atom is -0.327 e. The molecule has 2 heteroatoms. The summed E-state index contributed by atoms with van der Waals surface area (Å²) in [5.74, 6) is 1.55. The Labute approximate surface area is 85.5 Å². The predicted octanol–water partition coefficient (Wildman–Crippen LogP) is 2.00. The van der Waals surface area contributed by atoms with Gasteiger partial charge in [-0.1, -0.05) is 13.0 Å². The lowest BCUT2D eigenvalue weighted by Crippen LogP contribution is -2.31. The largest absolute Gasteiger partial charge is 0.327 e. The smallest absolute Gasteiger partial charge is 0.0300 e. The topological polar surface area (TPSA) is 38.9 Å². The maximum absolute atomic E-state index is 6.16. The molecule has 1 aromatic rings. The normalized spacial score (nSPS) is 20.4. The number of aromatic nitrogens is 1. The minimum atomic E-state index is 0.298.